The Balaban J connectivity index is 1.93. The zero-order chi connectivity index (χ0) is 15.2. The Kier molecular flexibility index (Phi) is 5.59. The van der Waals surface area contributed by atoms with E-state index in [9.17, 15) is 4.79 Å². The highest BCUT2D eigenvalue weighted by Gasteiger charge is 2.16. The molecule has 0 fully saturated rings. The Bertz CT molecular complexity index is 581. The van der Waals surface area contributed by atoms with E-state index in [2.05, 4.69) is 38.3 Å². The Morgan fingerprint density at radius 3 is 2.52 bits per heavy atom. The molecule has 0 aliphatic rings. The Morgan fingerprint density at radius 1 is 1.24 bits per heavy atom. The Hall–Kier alpha value is -1.59. The van der Waals surface area contributed by atoms with Crippen LogP contribution in [0.4, 0.5) is 0 Å². The van der Waals surface area contributed by atoms with Crippen LogP contribution in [0.15, 0.2) is 51.6 Å². The third kappa shape index (κ3) is 4.72. The van der Waals surface area contributed by atoms with E-state index in [4.69, 9.17) is 4.42 Å². The van der Waals surface area contributed by atoms with Gasteiger partial charge in [-0.15, -0.1) is 0 Å². The molecule has 1 atom stereocenters. The fraction of sp³-hybridized carbons (Fsp3) is 0.312. The van der Waals surface area contributed by atoms with Crippen LogP contribution in [0.3, 0.4) is 0 Å². The number of hydrogen-bond acceptors (Lipinski definition) is 3. The highest BCUT2D eigenvalue weighted by molar-refractivity contribution is 9.10. The van der Waals surface area contributed by atoms with Gasteiger partial charge in [-0.2, -0.15) is 0 Å². The number of likely N-dealkylation sites (N-methyl/N-ethyl adjacent to an activating group) is 1. The van der Waals surface area contributed by atoms with E-state index in [0.29, 0.717) is 17.0 Å². The summed E-state index contributed by atoms with van der Waals surface area (Å²) >= 11 is 3.19. The molecule has 0 aliphatic carbocycles. The van der Waals surface area contributed by atoms with E-state index in [1.807, 2.05) is 32.3 Å². The van der Waals surface area contributed by atoms with Crippen molar-refractivity contribution in [3.8, 4) is 0 Å². The number of nitrogens with zero attached hydrogens (tertiary/aromatic N) is 1. The maximum atomic E-state index is 12.0. The lowest BCUT2D eigenvalue weighted by Crippen LogP contribution is -2.41. The Labute approximate surface area is 133 Å². The number of furan rings is 1. The topological polar surface area (TPSA) is 45.5 Å². The fourth-order valence-corrected chi connectivity index (χ4v) is 2.36. The van der Waals surface area contributed by atoms with Crippen molar-refractivity contribution in [1.29, 1.82) is 0 Å². The van der Waals surface area contributed by atoms with Crippen molar-refractivity contribution >= 4 is 21.8 Å². The summed E-state index contributed by atoms with van der Waals surface area (Å²) in [5, 5.41) is 2.92. The maximum Gasteiger partial charge on any atom is 0.287 e. The van der Waals surface area contributed by atoms with Gasteiger partial charge < -0.3 is 14.6 Å². The van der Waals surface area contributed by atoms with Gasteiger partial charge in [-0.3, -0.25) is 4.79 Å². The van der Waals surface area contributed by atoms with Gasteiger partial charge in [0.2, 0.25) is 0 Å². The van der Waals surface area contributed by atoms with Gasteiger partial charge >= 0.3 is 0 Å². The maximum absolute atomic E-state index is 12.0. The van der Waals surface area contributed by atoms with Crippen LogP contribution in [-0.2, 0) is 6.42 Å². The SMILES string of the molecule is CN(C)C(CNC(=O)c1ccc(Br)o1)Cc1ccccc1. The molecule has 112 valence electrons. The minimum atomic E-state index is -0.194. The molecule has 2 rings (SSSR count). The third-order valence-corrected chi connectivity index (χ3v) is 3.77. The summed E-state index contributed by atoms with van der Waals surface area (Å²) in [7, 11) is 4.03. The lowest BCUT2D eigenvalue weighted by Gasteiger charge is -2.24. The van der Waals surface area contributed by atoms with Gasteiger partial charge in [-0.05, 0) is 54.1 Å². The highest BCUT2D eigenvalue weighted by atomic mass is 79.9. The molecule has 1 amide bonds. The molecule has 0 bridgehead atoms. The molecule has 1 aromatic heterocycles. The average Bonchev–Trinajstić information content (AvgIpc) is 2.90. The number of hydrogen-bond donors (Lipinski definition) is 1. The lowest BCUT2D eigenvalue weighted by molar-refractivity contribution is 0.0912. The predicted molar refractivity (Wildman–Crippen MR) is 86.4 cm³/mol. The zero-order valence-electron chi connectivity index (χ0n) is 12.2. The average molecular weight is 351 g/mol. The molecule has 1 heterocycles. The smallest absolute Gasteiger partial charge is 0.287 e. The van der Waals surface area contributed by atoms with Crippen LogP contribution in [-0.4, -0.2) is 37.5 Å². The van der Waals surface area contributed by atoms with Gasteiger partial charge in [0.15, 0.2) is 10.4 Å². The molecule has 0 saturated carbocycles. The summed E-state index contributed by atoms with van der Waals surface area (Å²) in [5.41, 5.74) is 1.26. The molecule has 0 saturated heterocycles. The first kappa shape index (κ1) is 15.8. The van der Waals surface area contributed by atoms with E-state index in [1.165, 1.54) is 5.56 Å². The second-order valence-corrected chi connectivity index (χ2v) is 5.90. The van der Waals surface area contributed by atoms with Crippen molar-refractivity contribution in [1.82, 2.24) is 10.2 Å². The number of benzene rings is 1. The van der Waals surface area contributed by atoms with Crippen LogP contribution >= 0.6 is 15.9 Å². The van der Waals surface area contributed by atoms with Crippen LogP contribution in [0.2, 0.25) is 0 Å². The third-order valence-electron chi connectivity index (χ3n) is 3.34. The highest BCUT2D eigenvalue weighted by Crippen LogP contribution is 2.14. The monoisotopic (exact) mass is 350 g/mol. The predicted octanol–water partition coefficient (Wildman–Crippen LogP) is 2.94. The second-order valence-electron chi connectivity index (χ2n) is 5.12. The van der Waals surface area contributed by atoms with E-state index in [-0.39, 0.29) is 11.9 Å². The molecule has 1 unspecified atom stereocenters. The van der Waals surface area contributed by atoms with Crippen molar-refractivity contribution in [3.63, 3.8) is 0 Å². The van der Waals surface area contributed by atoms with Gasteiger partial charge in [0.1, 0.15) is 0 Å². The number of amides is 1. The summed E-state index contributed by atoms with van der Waals surface area (Å²) in [4.78, 5) is 14.1. The molecular formula is C16H19BrN2O2. The number of rotatable bonds is 6. The molecule has 4 nitrogen and oxygen atoms in total. The van der Waals surface area contributed by atoms with Crippen molar-refractivity contribution < 1.29 is 9.21 Å². The zero-order valence-corrected chi connectivity index (χ0v) is 13.8. The first-order chi connectivity index (χ1) is 10.1. The van der Waals surface area contributed by atoms with Crippen LogP contribution in [0.25, 0.3) is 0 Å². The van der Waals surface area contributed by atoms with Gasteiger partial charge in [0.25, 0.3) is 5.91 Å². The molecule has 0 radical (unpaired) electrons. The number of nitrogens with one attached hydrogen (secondary N) is 1. The molecular weight excluding hydrogens is 332 g/mol. The van der Waals surface area contributed by atoms with Crippen LogP contribution in [0.5, 0.6) is 0 Å². The quantitative estimate of drug-likeness (QED) is 0.870. The van der Waals surface area contributed by atoms with E-state index >= 15 is 0 Å². The van der Waals surface area contributed by atoms with E-state index in [1.54, 1.807) is 12.1 Å². The summed E-state index contributed by atoms with van der Waals surface area (Å²) < 4.78 is 5.80. The second kappa shape index (κ2) is 7.43. The number of carbonyl (C=O) groups is 1. The van der Waals surface area contributed by atoms with Gasteiger partial charge in [0.05, 0.1) is 0 Å². The van der Waals surface area contributed by atoms with E-state index < -0.39 is 0 Å². The molecule has 21 heavy (non-hydrogen) atoms. The van der Waals surface area contributed by atoms with Crippen LogP contribution < -0.4 is 5.32 Å². The van der Waals surface area contributed by atoms with Crippen molar-refractivity contribution in [2.24, 2.45) is 0 Å². The van der Waals surface area contributed by atoms with Crippen LogP contribution in [0, 0.1) is 0 Å². The summed E-state index contributed by atoms with van der Waals surface area (Å²) in [6.07, 6.45) is 0.885. The largest absolute Gasteiger partial charge is 0.444 e. The minimum absolute atomic E-state index is 0.194. The molecule has 0 aliphatic heterocycles. The summed E-state index contributed by atoms with van der Waals surface area (Å²) in [6.45, 7) is 0.568. The van der Waals surface area contributed by atoms with Gasteiger partial charge in [-0.25, -0.2) is 0 Å². The molecule has 5 heteroatoms. The fourth-order valence-electron chi connectivity index (χ4n) is 2.06. The van der Waals surface area contributed by atoms with Crippen molar-refractivity contribution in [2.45, 2.75) is 12.5 Å². The first-order valence-corrected chi connectivity index (χ1v) is 7.59. The van der Waals surface area contributed by atoms with Crippen molar-refractivity contribution in [2.75, 3.05) is 20.6 Å². The first-order valence-electron chi connectivity index (χ1n) is 6.80. The lowest BCUT2D eigenvalue weighted by atomic mass is 10.1. The standard InChI is InChI=1S/C16H19BrN2O2/c1-19(2)13(10-12-6-4-3-5-7-12)11-18-16(20)14-8-9-15(17)21-14/h3-9,13H,10-11H2,1-2H3,(H,18,20). The Morgan fingerprint density at radius 2 is 1.95 bits per heavy atom. The van der Waals surface area contributed by atoms with Gasteiger partial charge in [0, 0.05) is 12.6 Å². The molecule has 1 aromatic carbocycles. The van der Waals surface area contributed by atoms with Gasteiger partial charge in [-0.1, -0.05) is 30.3 Å². The number of carbonyl (C=O) groups excluding carboxylic acids is 1. The van der Waals surface area contributed by atoms with E-state index in [0.717, 1.165) is 6.42 Å². The molecule has 0 spiro atoms. The van der Waals surface area contributed by atoms with Crippen molar-refractivity contribution in [3.05, 3.63) is 58.5 Å². The minimum Gasteiger partial charge on any atom is -0.444 e. The normalized spacial score (nSPS) is 12.4. The summed E-state index contributed by atoms with van der Waals surface area (Å²) in [5.74, 6) is 0.125. The molecule has 2 aromatic rings. The number of halogens is 1. The molecule has 1 N–H and O–H groups in total. The van der Waals surface area contributed by atoms with Crippen LogP contribution in [0.1, 0.15) is 16.1 Å². The summed E-state index contributed by atoms with van der Waals surface area (Å²) in [6, 6.07) is 13.9.